The van der Waals surface area contributed by atoms with E-state index in [1.165, 1.54) is 18.2 Å². The summed E-state index contributed by atoms with van der Waals surface area (Å²) in [6.07, 6.45) is -0.0494. The van der Waals surface area contributed by atoms with E-state index in [1.54, 1.807) is 6.07 Å². The maximum atomic E-state index is 13.5. The third-order valence-corrected chi connectivity index (χ3v) is 2.88. The molecule has 0 spiro atoms. The summed E-state index contributed by atoms with van der Waals surface area (Å²) in [5.74, 6) is -2.16. The van der Waals surface area contributed by atoms with Crippen LogP contribution in [0.25, 0.3) is 0 Å². The zero-order valence-corrected chi connectivity index (χ0v) is 13.1. The van der Waals surface area contributed by atoms with E-state index in [0.29, 0.717) is 0 Å². The van der Waals surface area contributed by atoms with Crippen molar-refractivity contribution >= 4 is 11.9 Å². The Hall–Kier alpha value is -1.95. The largest absolute Gasteiger partial charge is 0.480 e. The van der Waals surface area contributed by atoms with Gasteiger partial charge in [-0.3, -0.25) is 4.79 Å². The molecule has 6 heteroatoms. The highest BCUT2D eigenvalue weighted by Gasteiger charge is 2.21. The van der Waals surface area contributed by atoms with Crippen LogP contribution < -0.4 is 5.32 Å². The average molecular weight is 311 g/mol. The van der Waals surface area contributed by atoms with Gasteiger partial charge in [-0.1, -0.05) is 18.2 Å². The first kappa shape index (κ1) is 18.1. The van der Waals surface area contributed by atoms with Crippen LogP contribution in [0.5, 0.6) is 0 Å². The zero-order valence-electron chi connectivity index (χ0n) is 13.1. The molecular weight excluding hydrogens is 289 g/mol. The smallest absolute Gasteiger partial charge is 0.326 e. The van der Waals surface area contributed by atoms with Crippen molar-refractivity contribution in [1.82, 2.24) is 5.32 Å². The van der Waals surface area contributed by atoms with Gasteiger partial charge < -0.3 is 15.2 Å². The number of amides is 1. The Labute approximate surface area is 129 Å². The first-order valence-electron chi connectivity index (χ1n) is 7.08. The van der Waals surface area contributed by atoms with E-state index in [-0.39, 0.29) is 30.6 Å². The second kappa shape index (κ2) is 7.89. The van der Waals surface area contributed by atoms with Crippen molar-refractivity contribution in [3.8, 4) is 0 Å². The molecule has 0 saturated heterocycles. The van der Waals surface area contributed by atoms with Crippen molar-refractivity contribution in [2.75, 3.05) is 6.61 Å². The van der Waals surface area contributed by atoms with Crippen molar-refractivity contribution in [2.45, 2.75) is 45.3 Å². The van der Waals surface area contributed by atoms with E-state index in [2.05, 4.69) is 5.32 Å². The Kier molecular flexibility index (Phi) is 6.49. The standard InChI is InChI=1S/C16H22FNO4/c1-16(2,3)22-9-8-13(15(20)21)18-14(19)10-11-6-4-5-7-12(11)17/h4-7,13H,8-10H2,1-3H3,(H,18,19)(H,20,21). The summed E-state index contributed by atoms with van der Waals surface area (Å²) in [6.45, 7) is 5.79. The Bertz CT molecular complexity index is 525. The SMILES string of the molecule is CC(C)(C)OCCC(NC(=O)Cc1ccccc1F)C(=O)O. The molecule has 1 atom stereocenters. The number of carboxylic acid groups (broad SMARTS) is 1. The van der Waals surface area contributed by atoms with Gasteiger partial charge in [-0.05, 0) is 32.4 Å². The van der Waals surface area contributed by atoms with E-state index >= 15 is 0 Å². The van der Waals surface area contributed by atoms with E-state index < -0.39 is 23.7 Å². The van der Waals surface area contributed by atoms with Crippen LogP contribution in [-0.4, -0.2) is 35.2 Å². The number of nitrogens with one attached hydrogen (secondary N) is 1. The van der Waals surface area contributed by atoms with Gasteiger partial charge in [0.25, 0.3) is 0 Å². The van der Waals surface area contributed by atoms with Crippen LogP contribution in [0.3, 0.4) is 0 Å². The van der Waals surface area contributed by atoms with Crippen LogP contribution in [0.15, 0.2) is 24.3 Å². The quantitative estimate of drug-likeness (QED) is 0.809. The molecule has 2 N–H and O–H groups in total. The second-order valence-corrected chi connectivity index (χ2v) is 5.98. The van der Waals surface area contributed by atoms with E-state index in [1.807, 2.05) is 20.8 Å². The summed E-state index contributed by atoms with van der Waals surface area (Å²) in [5.41, 5.74) is -0.143. The van der Waals surface area contributed by atoms with Crippen molar-refractivity contribution < 1.29 is 23.8 Å². The monoisotopic (exact) mass is 311 g/mol. The Morgan fingerprint density at radius 2 is 1.95 bits per heavy atom. The molecule has 0 aliphatic carbocycles. The Balaban J connectivity index is 2.54. The molecule has 0 bridgehead atoms. The highest BCUT2D eigenvalue weighted by Crippen LogP contribution is 2.09. The number of aliphatic carboxylic acids is 1. The number of benzene rings is 1. The topological polar surface area (TPSA) is 75.6 Å². The van der Waals surface area contributed by atoms with Crippen LogP contribution in [0.4, 0.5) is 4.39 Å². The maximum absolute atomic E-state index is 13.5. The van der Waals surface area contributed by atoms with E-state index in [9.17, 15) is 14.0 Å². The van der Waals surface area contributed by atoms with Gasteiger partial charge in [0.2, 0.25) is 5.91 Å². The van der Waals surface area contributed by atoms with Crippen molar-refractivity contribution in [2.24, 2.45) is 0 Å². The molecular formula is C16H22FNO4. The summed E-state index contributed by atoms with van der Waals surface area (Å²) in [5, 5.41) is 11.5. The van der Waals surface area contributed by atoms with Gasteiger partial charge in [-0.25, -0.2) is 9.18 Å². The fourth-order valence-corrected chi connectivity index (χ4v) is 1.80. The molecule has 0 aliphatic rings. The van der Waals surface area contributed by atoms with E-state index in [4.69, 9.17) is 9.84 Å². The van der Waals surface area contributed by atoms with Crippen LogP contribution in [0.1, 0.15) is 32.8 Å². The molecule has 122 valence electrons. The van der Waals surface area contributed by atoms with Crippen molar-refractivity contribution in [1.29, 1.82) is 0 Å². The molecule has 0 saturated carbocycles. The molecule has 1 amide bonds. The maximum Gasteiger partial charge on any atom is 0.326 e. The third kappa shape index (κ3) is 6.67. The number of hydrogen-bond acceptors (Lipinski definition) is 3. The normalized spacial score (nSPS) is 12.7. The molecule has 1 aromatic rings. The van der Waals surface area contributed by atoms with Gasteiger partial charge >= 0.3 is 5.97 Å². The van der Waals surface area contributed by atoms with Crippen molar-refractivity contribution in [3.63, 3.8) is 0 Å². The number of ether oxygens (including phenoxy) is 1. The molecule has 0 aromatic heterocycles. The molecule has 0 radical (unpaired) electrons. The summed E-state index contributed by atoms with van der Waals surface area (Å²) < 4.78 is 18.9. The number of carboxylic acids is 1. The molecule has 0 fully saturated rings. The molecule has 1 aromatic carbocycles. The van der Waals surface area contributed by atoms with E-state index in [0.717, 1.165) is 0 Å². The van der Waals surface area contributed by atoms with Gasteiger partial charge in [0.05, 0.1) is 12.0 Å². The van der Waals surface area contributed by atoms with Gasteiger partial charge in [0, 0.05) is 13.0 Å². The molecule has 1 rings (SSSR count). The minimum atomic E-state index is -1.14. The van der Waals surface area contributed by atoms with Gasteiger partial charge in [0.1, 0.15) is 11.9 Å². The van der Waals surface area contributed by atoms with Gasteiger partial charge in [-0.15, -0.1) is 0 Å². The lowest BCUT2D eigenvalue weighted by atomic mass is 10.1. The second-order valence-electron chi connectivity index (χ2n) is 5.98. The Morgan fingerprint density at radius 3 is 2.50 bits per heavy atom. The first-order valence-corrected chi connectivity index (χ1v) is 7.08. The lowest BCUT2D eigenvalue weighted by molar-refractivity contribution is -0.142. The number of carbonyl (C=O) groups excluding carboxylic acids is 1. The summed E-state index contributed by atoms with van der Waals surface area (Å²) in [7, 11) is 0. The van der Waals surface area contributed by atoms with Crippen LogP contribution >= 0.6 is 0 Å². The minimum Gasteiger partial charge on any atom is -0.480 e. The lowest BCUT2D eigenvalue weighted by Crippen LogP contribution is -2.42. The third-order valence-electron chi connectivity index (χ3n) is 2.88. The average Bonchev–Trinajstić information content (AvgIpc) is 2.38. The number of hydrogen-bond donors (Lipinski definition) is 2. The predicted molar refractivity (Wildman–Crippen MR) is 80.0 cm³/mol. The van der Waals surface area contributed by atoms with Crippen molar-refractivity contribution in [3.05, 3.63) is 35.6 Å². The molecule has 5 nitrogen and oxygen atoms in total. The van der Waals surface area contributed by atoms with Gasteiger partial charge in [0.15, 0.2) is 0 Å². The van der Waals surface area contributed by atoms with Crippen LogP contribution in [0.2, 0.25) is 0 Å². The van der Waals surface area contributed by atoms with Gasteiger partial charge in [-0.2, -0.15) is 0 Å². The highest BCUT2D eigenvalue weighted by molar-refractivity contribution is 5.84. The molecule has 0 heterocycles. The fraction of sp³-hybridized carbons (Fsp3) is 0.500. The zero-order chi connectivity index (χ0) is 16.8. The minimum absolute atomic E-state index is 0.148. The summed E-state index contributed by atoms with van der Waals surface area (Å²) in [4.78, 5) is 23.0. The highest BCUT2D eigenvalue weighted by atomic mass is 19.1. The predicted octanol–water partition coefficient (Wildman–Crippen LogP) is 2.14. The summed E-state index contributed by atoms with van der Waals surface area (Å²) in [6, 6.07) is 4.85. The molecule has 22 heavy (non-hydrogen) atoms. The van der Waals surface area contributed by atoms with Crippen LogP contribution in [0, 0.1) is 5.82 Å². The Morgan fingerprint density at radius 1 is 1.32 bits per heavy atom. The number of rotatable bonds is 7. The number of halogens is 1. The first-order chi connectivity index (χ1) is 10.2. The number of carbonyl (C=O) groups is 2. The van der Waals surface area contributed by atoms with Crippen LogP contribution in [-0.2, 0) is 20.7 Å². The lowest BCUT2D eigenvalue weighted by Gasteiger charge is -2.21. The molecule has 1 unspecified atom stereocenters. The molecule has 0 aliphatic heterocycles. The fourth-order valence-electron chi connectivity index (χ4n) is 1.80. The summed E-state index contributed by atoms with van der Waals surface area (Å²) >= 11 is 0.